The monoisotopic (exact) mass is 303 g/mol. The van der Waals surface area contributed by atoms with Crippen molar-refractivity contribution in [3.8, 4) is 17.2 Å². The van der Waals surface area contributed by atoms with Crippen LogP contribution in [0, 0.1) is 0 Å². The van der Waals surface area contributed by atoms with Gasteiger partial charge in [-0.05, 0) is 0 Å². The van der Waals surface area contributed by atoms with Crippen molar-refractivity contribution in [2.75, 3.05) is 32.0 Å². The standard InChI is InChI=1S/C11H14BrNO4/c1-15-7-4-8(16-2)11(9(5-7)17-3)13-10(14)6-12/h4-5H,6H2,1-3H3,(H,13,14). The minimum atomic E-state index is -0.188. The van der Waals surface area contributed by atoms with Crippen molar-refractivity contribution in [1.82, 2.24) is 0 Å². The fourth-order valence-corrected chi connectivity index (χ4v) is 1.44. The molecule has 0 unspecified atom stereocenters. The predicted molar refractivity (Wildman–Crippen MR) is 68.5 cm³/mol. The highest BCUT2D eigenvalue weighted by Gasteiger charge is 2.15. The van der Waals surface area contributed by atoms with Gasteiger partial charge in [-0.1, -0.05) is 15.9 Å². The number of carbonyl (C=O) groups excluding carboxylic acids is 1. The van der Waals surface area contributed by atoms with Crippen LogP contribution >= 0.6 is 15.9 Å². The molecule has 1 rings (SSSR count). The maximum Gasteiger partial charge on any atom is 0.235 e. The summed E-state index contributed by atoms with van der Waals surface area (Å²) in [5.41, 5.74) is 0.486. The van der Waals surface area contributed by atoms with Crippen LogP contribution in [0.5, 0.6) is 17.2 Å². The van der Waals surface area contributed by atoms with E-state index in [-0.39, 0.29) is 11.2 Å². The van der Waals surface area contributed by atoms with Crippen molar-refractivity contribution in [3.05, 3.63) is 12.1 Å². The number of hydrogen-bond donors (Lipinski definition) is 1. The van der Waals surface area contributed by atoms with Crippen LogP contribution in [0.2, 0.25) is 0 Å². The highest BCUT2D eigenvalue weighted by atomic mass is 79.9. The third kappa shape index (κ3) is 3.26. The molecule has 0 aliphatic rings. The second-order valence-electron chi connectivity index (χ2n) is 3.09. The zero-order chi connectivity index (χ0) is 12.8. The van der Waals surface area contributed by atoms with Crippen LogP contribution in [0.3, 0.4) is 0 Å². The van der Waals surface area contributed by atoms with E-state index in [0.29, 0.717) is 22.9 Å². The number of rotatable bonds is 5. The zero-order valence-corrected chi connectivity index (χ0v) is 11.5. The van der Waals surface area contributed by atoms with Gasteiger partial charge in [0.1, 0.15) is 22.9 Å². The largest absolute Gasteiger partial charge is 0.496 e. The van der Waals surface area contributed by atoms with Gasteiger partial charge < -0.3 is 19.5 Å². The first-order chi connectivity index (χ1) is 8.15. The van der Waals surface area contributed by atoms with Crippen LogP contribution in [0.1, 0.15) is 0 Å². The Morgan fingerprint density at radius 2 is 1.71 bits per heavy atom. The second-order valence-corrected chi connectivity index (χ2v) is 3.65. The van der Waals surface area contributed by atoms with E-state index in [2.05, 4.69) is 21.2 Å². The Morgan fingerprint density at radius 3 is 2.06 bits per heavy atom. The van der Waals surface area contributed by atoms with Gasteiger partial charge in [0.15, 0.2) is 0 Å². The molecule has 0 aromatic heterocycles. The summed E-state index contributed by atoms with van der Waals surface area (Å²) < 4.78 is 15.5. The summed E-state index contributed by atoms with van der Waals surface area (Å²) in [7, 11) is 4.57. The Kier molecular flexibility index (Phi) is 5.09. The molecule has 0 saturated carbocycles. The highest BCUT2D eigenvalue weighted by Crippen LogP contribution is 2.38. The van der Waals surface area contributed by atoms with Crippen molar-refractivity contribution in [1.29, 1.82) is 0 Å². The molecular weight excluding hydrogens is 290 g/mol. The first kappa shape index (κ1) is 13.6. The van der Waals surface area contributed by atoms with E-state index in [9.17, 15) is 4.79 Å². The van der Waals surface area contributed by atoms with Crippen molar-refractivity contribution in [2.24, 2.45) is 0 Å². The molecule has 1 aromatic rings. The van der Waals surface area contributed by atoms with Gasteiger partial charge in [-0.2, -0.15) is 0 Å². The number of methoxy groups -OCH3 is 3. The maximum atomic E-state index is 11.4. The van der Waals surface area contributed by atoms with Gasteiger partial charge in [0.25, 0.3) is 0 Å². The zero-order valence-electron chi connectivity index (χ0n) is 9.87. The molecule has 0 bridgehead atoms. The molecule has 17 heavy (non-hydrogen) atoms. The first-order valence-corrected chi connectivity index (χ1v) is 5.94. The lowest BCUT2D eigenvalue weighted by atomic mass is 10.2. The number of ether oxygens (including phenoxy) is 3. The molecule has 0 aliphatic carbocycles. The molecule has 0 saturated heterocycles. The van der Waals surface area contributed by atoms with Gasteiger partial charge in [0.05, 0.1) is 26.7 Å². The van der Waals surface area contributed by atoms with Crippen molar-refractivity contribution in [2.45, 2.75) is 0 Å². The van der Waals surface area contributed by atoms with Crippen LogP contribution in [0.4, 0.5) is 5.69 Å². The van der Waals surface area contributed by atoms with Gasteiger partial charge >= 0.3 is 0 Å². The average Bonchev–Trinajstić information content (AvgIpc) is 2.38. The minimum Gasteiger partial charge on any atom is -0.496 e. The van der Waals surface area contributed by atoms with Gasteiger partial charge in [0.2, 0.25) is 5.91 Å². The summed E-state index contributed by atoms with van der Waals surface area (Å²) in [5, 5.41) is 2.89. The summed E-state index contributed by atoms with van der Waals surface area (Å²) in [5.74, 6) is 1.37. The van der Waals surface area contributed by atoms with Gasteiger partial charge in [0, 0.05) is 12.1 Å². The van der Waals surface area contributed by atoms with Crippen LogP contribution in [-0.2, 0) is 4.79 Å². The molecule has 1 amide bonds. The summed E-state index contributed by atoms with van der Waals surface area (Å²) in [4.78, 5) is 11.4. The number of alkyl halides is 1. The third-order valence-electron chi connectivity index (χ3n) is 2.10. The predicted octanol–water partition coefficient (Wildman–Crippen LogP) is 2.05. The number of carbonyl (C=O) groups is 1. The van der Waals surface area contributed by atoms with Crippen molar-refractivity contribution in [3.63, 3.8) is 0 Å². The van der Waals surface area contributed by atoms with Gasteiger partial charge in [-0.25, -0.2) is 0 Å². The van der Waals surface area contributed by atoms with Crippen molar-refractivity contribution >= 4 is 27.5 Å². The maximum absolute atomic E-state index is 11.4. The van der Waals surface area contributed by atoms with Crippen LogP contribution in [0.25, 0.3) is 0 Å². The quantitative estimate of drug-likeness (QED) is 0.846. The highest BCUT2D eigenvalue weighted by molar-refractivity contribution is 9.09. The molecule has 6 heteroatoms. The Bertz CT molecular complexity index is 383. The molecule has 5 nitrogen and oxygen atoms in total. The molecule has 0 fully saturated rings. The molecule has 0 spiro atoms. The van der Waals surface area contributed by atoms with E-state index in [1.165, 1.54) is 14.2 Å². The lowest BCUT2D eigenvalue weighted by molar-refractivity contribution is -0.113. The number of benzene rings is 1. The van der Waals surface area contributed by atoms with E-state index in [1.807, 2.05) is 0 Å². The van der Waals surface area contributed by atoms with Crippen molar-refractivity contribution < 1.29 is 19.0 Å². The molecule has 0 aliphatic heterocycles. The Balaban J connectivity index is 3.19. The number of halogens is 1. The molecular formula is C11H14BrNO4. The van der Waals surface area contributed by atoms with Crippen LogP contribution < -0.4 is 19.5 Å². The SMILES string of the molecule is COc1cc(OC)c(NC(=O)CBr)c(OC)c1. The Labute approximate surface area is 108 Å². The minimum absolute atomic E-state index is 0.188. The van der Waals surface area contributed by atoms with Crippen LogP contribution in [-0.4, -0.2) is 32.6 Å². The van der Waals surface area contributed by atoms with E-state index >= 15 is 0 Å². The van der Waals surface area contributed by atoms with E-state index in [1.54, 1.807) is 19.2 Å². The van der Waals surface area contributed by atoms with E-state index < -0.39 is 0 Å². The number of hydrogen-bond acceptors (Lipinski definition) is 4. The topological polar surface area (TPSA) is 56.8 Å². The summed E-state index contributed by atoms with van der Waals surface area (Å²) in [6.07, 6.45) is 0. The fraction of sp³-hybridized carbons (Fsp3) is 0.364. The number of anilines is 1. The summed E-state index contributed by atoms with van der Waals surface area (Å²) >= 11 is 3.07. The lowest BCUT2D eigenvalue weighted by Crippen LogP contribution is -2.14. The average molecular weight is 304 g/mol. The molecule has 0 heterocycles. The normalized spacial score (nSPS) is 9.65. The van der Waals surface area contributed by atoms with E-state index in [4.69, 9.17) is 14.2 Å². The van der Waals surface area contributed by atoms with Gasteiger partial charge in [-0.3, -0.25) is 4.79 Å². The third-order valence-corrected chi connectivity index (χ3v) is 2.61. The molecule has 1 aromatic carbocycles. The van der Waals surface area contributed by atoms with Crippen LogP contribution in [0.15, 0.2) is 12.1 Å². The Hall–Kier alpha value is -1.43. The Morgan fingerprint density at radius 1 is 1.18 bits per heavy atom. The molecule has 1 N–H and O–H groups in total. The van der Waals surface area contributed by atoms with Gasteiger partial charge in [-0.15, -0.1) is 0 Å². The molecule has 0 radical (unpaired) electrons. The first-order valence-electron chi connectivity index (χ1n) is 4.82. The number of amides is 1. The summed E-state index contributed by atoms with van der Waals surface area (Å²) in [6, 6.07) is 3.35. The smallest absolute Gasteiger partial charge is 0.235 e. The number of nitrogens with one attached hydrogen (secondary N) is 1. The summed E-state index contributed by atoms with van der Waals surface area (Å²) in [6.45, 7) is 0. The lowest BCUT2D eigenvalue weighted by Gasteiger charge is -2.15. The molecule has 94 valence electrons. The molecule has 0 atom stereocenters. The van der Waals surface area contributed by atoms with E-state index in [0.717, 1.165) is 0 Å². The fourth-order valence-electron chi connectivity index (χ4n) is 1.30. The second kappa shape index (κ2) is 6.34.